The third kappa shape index (κ3) is 7.04. The number of carbonyl (C=O) groups is 4. The van der Waals surface area contributed by atoms with Crippen LogP contribution in [0.25, 0.3) is 0 Å². The zero-order chi connectivity index (χ0) is 32.2. The minimum absolute atomic E-state index is 0.109. The van der Waals surface area contributed by atoms with Crippen LogP contribution in [0.15, 0.2) is 60.8 Å². The van der Waals surface area contributed by atoms with Crippen LogP contribution in [0.2, 0.25) is 0 Å². The number of nitrogens with zero attached hydrogens (tertiary/aromatic N) is 5. The summed E-state index contributed by atoms with van der Waals surface area (Å²) in [6, 6.07) is 14.3. The summed E-state index contributed by atoms with van der Waals surface area (Å²) in [5.74, 6) is -0.913. The fourth-order valence-corrected chi connectivity index (χ4v) is 6.31. The highest BCUT2D eigenvalue weighted by Gasteiger charge is 2.43. The molecule has 242 valence electrons. The van der Waals surface area contributed by atoms with Crippen LogP contribution in [0, 0.1) is 5.92 Å². The van der Waals surface area contributed by atoms with Crippen molar-refractivity contribution in [2.75, 3.05) is 26.2 Å². The van der Waals surface area contributed by atoms with Crippen molar-refractivity contribution in [3.63, 3.8) is 0 Å². The molecule has 0 saturated carbocycles. The van der Waals surface area contributed by atoms with Crippen LogP contribution in [0.5, 0.6) is 5.75 Å². The SMILES string of the molecule is CC(C)[C@@H]1NC(=O)[C@@H]2C[C@@H](CN2C(=O)CN2CCOc3ccccc3C2)n2cc(nn2)CNC(=O)[C@@H](Cc2ccccc2)NC1=O. The molecule has 3 aliphatic heterocycles. The Morgan fingerprint density at radius 1 is 1.00 bits per heavy atom. The van der Waals surface area contributed by atoms with Gasteiger partial charge in [-0.3, -0.25) is 24.1 Å². The van der Waals surface area contributed by atoms with E-state index in [9.17, 15) is 19.2 Å². The number of amides is 4. The first kappa shape index (κ1) is 31.2. The molecule has 0 unspecified atom stereocenters. The van der Waals surface area contributed by atoms with Crippen LogP contribution in [0.4, 0.5) is 0 Å². The van der Waals surface area contributed by atoms with Crippen molar-refractivity contribution >= 4 is 23.6 Å². The first-order valence-corrected chi connectivity index (χ1v) is 15.8. The molecule has 4 heterocycles. The lowest BCUT2D eigenvalue weighted by Gasteiger charge is -2.30. The van der Waals surface area contributed by atoms with E-state index in [0.717, 1.165) is 16.9 Å². The predicted molar refractivity (Wildman–Crippen MR) is 167 cm³/mol. The van der Waals surface area contributed by atoms with Gasteiger partial charge in [0.15, 0.2) is 0 Å². The van der Waals surface area contributed by atoms with E-state index in [0.29, 0.717) is 31.8 Å². The molecule has 13 nitrogen and oxygen atoms in total. The quantitative estimate of drug-likeness (QED) is 0.376. The van der Waals surface area contributed by atoms with Gasteiger partial charge in [-0.05, 0) is 17.5 Å². The highest BCUT2D eigenvalue weighted by atomic mass is 16.5. The average Bonchev–Trinajstić information content (AvgIpc) is 3.65. The van der Waals surface area contributed by atoms with Gasteiger partial charge in [0.25, 0.3) is 0 Å². The zero-order valence-electron chi connectivity index (χ0n) is 26.1. The minimum Gasteiger partial charge on any atom is -0.492 e. The molecule has 46 heavy (non-hydrogen) atoms. The molecule has 4 bridgehead atoms. The topological polar surface area (TPSA) is 151 Å². The summed E-state index contributed by atoms with van der Waals surface area (Å²) in [6.07, 6.45) is 2.31. The molecule has 2 aromatic carbocycles. The van der Waals surface area contributed by atoms with Crippen LogP contribution >= 0.6 is 0 Å². The minimum atomic E-state index is -0.920. The Morgan fingerprint density at radius 2 is 1.78 bits per heavy atom. The van der Waals surface area contributed by atoms with Crippen LogP contribution in [0.3, 0.4) is 0 Å². The van der Waals surface area contributed by atoms with E-state index in [1.807, 2.05) is 73.3 Å². The number of aromatic nitrogens is 3. The maximum absolute atomic E-state index is 14.0. The number of ether oxygens (including phenoxy) is 1. The van der Waals surface area contributed by atoms with E-state index in [1.54, 1.807) is 15.8 Å². The van der Waals surface area contributed by atoms with Crippen LogP contribution in [-0.2, 0) is 38.7 Å². The second-order valence-electron chi connectivity index (χ2n) is 12.5. The smallest absolute Gasteiger partial charge is 0.243 e. The lowest BCUT2D eigenvalue weighted by Crippen LogP contribution is -2.58. The molecule has 3 aliphatic rings. The molecular formula is C33H40N8O5. The Balaban J connectivity index is 1.25. The summed E-state index contributed by atoms with van der Waals surface area (Å²) >= 11 is 0. The lowest BCUT2D eigenvalue weighted by atomic mass is 10.00. The van der Waals surface area contributed by atoms with Crippen LogP contribution in [-0.4, -0.2) is 92.8 Å². The lowest BCUT2D eigenvalue weighted by molar-refractivity contribution is -0.141. The Kier molecular flexibility index (Phi) is 9.29. The van der Waals surface area contributed by atoms with Crippen molar-refractivity contribution in [2.45, 2.75) is 63.9 Å². The van der Waals surface area contributed by atoms with Crippen molar-refractivity contribution in [3.8, 4) is 5.75 Å². The standard InChI is InChI=1S/C33H40N8O5/c1-21(2)30-33(45)35-26(14-22-8-4-3-5-9-22)31(43)34-16-24-18-41(38-37-24)25-15-27(32(44)36-30)40(19-25)29(42)20-39-12-13-46-28-11-7-6-10-23(28)17-39/h3-11,18,21,25-27,30H,12-17,19-20H2,1-2H3,(H,34,43)(H,35,45)(H,36,44)/t25-,26+,27-,30-/m0/s1. The Morgan fingerprint density at radius 3 is 2.59 bits per heavy atom. The molecule has 0 spiro atoms. The highest BCUT2D eigenvalue weighted by Crippen LogP contribution is 2.29. The fraction of sp³-hybridized carbons (Fsp3) is 0.455. The summed E-state index contributed by atoms with van der Waals surface area (Å²) in [5.41, 5.74) is 2.41. The van der Waals surface area contributed by atoms with Crippen molar-refractivity contribution in [1.82, 2.24) is 40.7 Å². The molecular weight excluding hydrogens is 588 g/mol. The van der Waals surface area contributed by atoms with Gasteiger partial charge in [0.05, 0.1) is 25.3 Å². The Labute approximate surface area is 267 Å². The number of para-hydroxylation sites is 1. The largest absolute Gasteiger partial charge is 0.492 e. The predicted octanol–water partition coefficient (Wildman–Crippen LogP) is 0.813. The van der Waals surface area contributed by atoms with Gasteiger partial charge >= 0.3 is 0 Å². The van der Waals surface area contributed by atoms with Gasteiger partial charge in [0.1, 0.15) is 36.2 Å². The summed E-state index contributed by atoms with van der Waals surface area (Å²) < 4.78 is 7.54. The summed E-state index contributed by atoms with van der Waals surface area (Å²) in [6.45, 7) is 5.71. The highest BCUT2D eigenvalue weighted by molar-refractivity contribution is 5.95. The number of nitrogens with one attached hydrogen (secondary N) is 3. The van der Waals surface area contributed by atoms with E-state index in [1.165, 1.54) is 0 Å². The third-order valence-corrected chi connectivity index (χ3v) is 8.83. The van der Waals surface area contributed by atoms with Crippen molar-refractivity contribution < 1.29 is 23.9 Å². The molecule has 6 rings (SSSR count). The summed E-state index contributed by atoms with van der Waals surface area (Å²) in [5, 5.41) is 17.2. The van der Waals surface area contributed by atoms with E-state index >= 15 is 0 Å². The van der Waals surface area contributed by atoms with E-state index < -0.39 is 29.9 Å². The molecule has 3 N–H and O–H groups in total. The number of fused-ring (bicyclic) bond motifs is 6. The monoisotopic (exact) mass is 628 g/mol. The third-order valence-electron chi connectivity index (χ3n) is 8.83. The first-order valence-electron chi connectivity index (χ1n) is 15.8. The van der Waals surface area contributed by atoms with Crippen LogP contribution in [0.1, 0.15) is 43.1 Å². The fourth-order valence-electron chi connectivity index (χ4n) is 6.31. The van der Waals surface area contributed by atoms with Crippen molar-refractivity contribution in [1.29, 1.82) is 0 Å². The molecule has 1 fully saturated rings. The summed E-state index contributed by atoms with van der Waals surface area (Å²) in [4.78, 5) is 58.5. The number of likely N-dealkylation sites (tertiary alicyclic amines) is 1. The van der Waals surface area contributed by atoms with Crippen LogP contribution < -0.4 is 20.7 Å². The number of carbonyl (C=O) groups excluding carboxylic acids is 4. The van der Waals surface area contributed by atoms with Gasteiger partial charge in [-0.1, -0.05) is 67.6 Å². The van der Waals surface area contributed by atoms with Crippen molar-refractivity contribution in [3.05, 3.63) is 77.6 Å². The Bertz CT molecular complexity index is 1580. The second kappa shape index (κ2) is 13.7. The second-order valence-corrected chi connectivity index (χ2v) is 12.5. The molecule has 0 aliphatic carbocycles. The maximum atomic E-state index is 14.0. The van der Waals surface area contributed by atoms with Gasteiger partial charge in [-0.25, -0.2) is 4.68 Å². The molecule has 3 aromatic rings. The zero-order valence-corrected chi connectivity index (χ0v) is 26.1. The first-order chi connectivity index (χ1) is 22.2. The van der Waals surface area contributed by atoms with Gasteiger partial charge in [0, 0.05) is 38.0 Å². The molecule has 4 amide bonds. The Hall–Kier alpha value is -4.78. The molecule has 13 heteroatoms. The molecule has 4 atom stereocenters. The number of benzene rings is 2. The maximum Gasteiger partial charge on any atom is 0.243 e. The van der Waals surface area contributed by atoms with E-state index in [4.69, 9.17) is 4.74 Å². The molecule has 1 aromatic heterocycles. The van der Waals surface area contributed by atoms with E-state index in [-0.39, 0.29) is 49.8 Å². The number of hydrogen-bond donors (Lipinski definition) is 3. The normalized spacial score (nSPS) is 24.1. The van der Waals surface area contributed by atoms with Gasteiger partial charge in [0.2, 0.25) is 23.6 Å². The van der Waals surface area contributed by atoms with Gasteiger partial charge < -0.3 is 25.6 Å². The van der Waals surface area contributed by atoms with Crippen molar-refractivity contribution in [2.24, 2.45) is 5.92 Å². The average molecular weight is 629 g/mol. The summed E-state index contributed by atoms with van der Waals surface area (Å²) in [7, 11) is 0. The number of hydrogen-bond acceptors (Lipinski definition) is 8. The number of rotatable bonds is 5. The van der Waals surface area contributed by atoms with Gasteiger partial charge in [-0.2, -0.15) is 0 Å². The van der Waals surface area contributed by atoms with E-state index in [2.05, 4.69) is 26.3 Å². The molecule has 0 radical (unpaired) electrons. The van der Waals surface area contributed by atoms with Gasteiger partial charge in [-0.15, -0.1) is 5.10 Å². The molecule has 1 saturated heterocycles.